The molecule has 1 amide bonds. The average Bonchev–Trinajstić information content (AvgIpc) is 2.30. The summed E-state index contributed by atoms with van der Waals surface area (Å²) in [5, 5.41) is 11.7. The summed E-state index contributed by atoms with van der Waals surface area (Å²) in [7, 11) is 0. The minimum absolute atomic E-state index is 0.0703. The molecule has 5 nitrogen and oxygen atoms in total. The Kier molecular flexibility index (Phi) is 7.59. The number of rotatable bonds is 8. The van der Waals surface area contributed by atoms with Crippen molar-refractivity contribution in [1.29, 1.82) is 0 Å². The Morgan fingerprint density at radius 1 is 1.22 bits per heavy atom. The van der Waals surface area contributed by atoms with Gasteiger partial charge in [-0.15, -0.1) is 0 Å². The molecule has 18 heavy (non-hydrogen) atoms. The number of carbonyl (C=O) groups is 2. The molecule has 0 rings (SSSR count). The Bertz CT molecular complexity index is 279. The Hall–Kier alpha value is -1.10. The summed E-state index contributed by atoms with van der Waals surface area (Å²) < 4.78 is 0. The van der Waals surface area contributed by atoms with Gasteiger partial charge in [0.1, 0.15) is 0 Å². The van der Waals surface area contributed by atoms with E-state index in [-0.39, 0.29) is 18.5 Å². The lowest BCUT2D eigenvalue weighted by Gasteiger charge is -2.31. The molecule has 0 heterocycles. The Morgan fingerprint density at radius 2 is 1.78 bits per heavy atom. The lowest BCUT2D eigenvalue weighted by Crippen LogP contribution is -2.51. The molecule has 0 aromatic rings. The van der Waals surface area contributed by atoms with Crippen molar-refractivity contribution in [3.8, 4) is 0 Å². The van der Waals surface area contributed by atoms with Crippen LogP contribution in [0, 0.1) is 5.92 Å². The summed E-state index contributed by atoms with van der Waals surface area (Å²) in [6.45, 7) is 10.2. The molecule has 2 unspecified atom stereocenters. The minimum Gasteiger partial charge on any atom is -0.480 e. The lowest BCUT2D eigenvalue weighted by atomic mass is 10.1. The van der Waals surface area contributed by atoms with E-state index < -0.39 is 12.0 Å². The van der Waals surface area contributed by atoms with Crippen LogP contribution in [0.4, 0.5) is 0 Å². The maximum atomic E-state index is 11.9. The first kappa shape index (κ1) is 16.9. The summed E-state index contributed by atoms with van der Waals surface area (Å²) in [6.07, 6.45) is 0.815. The molecule has 0 fully saturated rings. The van der Waals surface area contributed by atoms with Crippen molar-refractivity contribution in [3.63, 3.8) is 0 Å². The molecule has 0 saturated carbocycles. The van der Waals surface area contributed by atoms with Gasteiger partial charge in [-0.2, -0.15) is 0 Å². The number of carboxylic acids is 1. The molecule has 0 aliphatic rings. The molecule has 0 aliphatic heterocycles. The van der Waals surface area contributed by atoms with Crippen molar-refractivity contribution >= 4 is 11.9 Å². The second-order valence-corrected chi connectivity index (χ2v) is 5.14. The largest absolute Gasteiger partial charge is 0.480 e. The molecule has 0 aliphatic carbocycles. The molecule has 106 valence electrons. The summed E-state index contributed by atoms with van der Waals surface area (Å²) in [5.41, 5.74) is 0. The zero-order valence-electron chi connectivity index (χ0n) is 12.1. The number of nitrogens with zero attached hydrogens (tertiary/aromatic N) is 1. The van der Waals surface area contributed by atoms with Crippen LogP contribution in [0.5, 0.6) is 0 Å². The zero-order valence-corrected chi connectivity index (χ0v) is 12.1. The van der Waals surface area contributed by atoms with Crippen LogP contribution in [0.25, 0.3) is 0 Å². The van der Waals surface area contributed by atoms with Crippen molar-refractivity contribution in [3.05, 3.63) is 0 Å². The summed E-state index contributed by atoms with van der Waals surface area (Å²) in [4.78, 5) is 24.5. The fourth-order valence-electron chi connectivity index (χ4n) is 1.67. The fraction of sp³-hybridized carbons (Fsp3) is 0.846. The van der Waals surface area contributed by atoms with Crippen molar-refractivity contribution in [2.24, 2.45) is 5.92 Å². The summed E-state index contributed by atoms with van der Waals surface area (Å²) in [6, 6.07) is -0.351. The van der Waals surface area contributed by atoms with Crippen LogP contribution in [0.3, 0.4) is 0 Å². The van der Waals surface area contributed by atoms with Gasteiger partial charge >= 0.3 is 5.97 Å². The van der Waals surface area contributed by atoms with Gasteiger partial charge in [0.25, 0.3) is 0 Å². The van der Waals surface area contributed by atoms with Gasteiger partial charge < -0.3 is 10.4 Å². The van der Waals surface area contributed by atoms with E-state index in [1.54, 1.807) is 11.8 Å². The van der Waals surface area contributed by atoms with Crippen molar-refractivity contribution in [2.75, 3.05) is 13.1 Å². The Morgan fingerprint density at radius 3 is 2.17 bits per heavy atom. The highest BCUT2D eigenvalue weighted by Gasteiger charge is 2.26. The molecule has 0 aromatic heterocycles. The number of carboxylic acid groups (broad SMARTS) is 1. The number of hydrogen-bond acceptors (Lipinski definition) is 3. The number of nitrogens with one attached hydrogen (secondary N) is 1. The molecular formula is C13H26N2O3. The van der Waals surface area contributed by atoms with E-state index in [0.717, 1.165) is 6.42 Å². The predicted molar refractivity (Wildman–Crippen MR) is 71.4 cm³/mol. The second-order valence-electron chi connectivity index (χ2n) is 5.14. The summed E-state index contributed by atoms with van der Waals surface area (Å²) in [5.74, 6) is -0.623. The maximum absolute atomic E-state index is 11.9. The molecule has 5 heteroatoms. The number of carbonyl (C=O) groups excluding carboxylic acids is 1. The van der Waals surface area contributed by atoms with Crippen LogP contribution >= 0.6 is 0 Å². The first-order valence-electron chi connectivity index (χ1n) is 6.54. The maximum Gasteiger partial charge on any atom is 0.317 e. The SMILES string of the molecule is CCC(C)N(CC(=O)O)C(C)C(=O)NCC(C)C. The number of aliphatic carboxylic acids is 1. The molecule has 2 N–H and O–H groups in total. The van der Waals surface area contributed by atoms with Gasteiger partial charge in [-0.1, -0.05) is 20.8 Å². The second kappa shape index (κ2) is 8.08. The van der Waals surface area contributed by atoms with Crippen molar-refractivity contribution < 1.29 is 14.7 Å². The van der Waals surface area contributed by atoms with E-state index >= 15 is 0 Å². The van der Waals surface area contributed by atoms with Gasteiger partial charge in [0, 0.05) is 12.6 Å². The molecule has 0 aromatic carbocycles. The van der Waals surface area contributed by atoms with Crippen LogP contribution in [0.1, 0.15) is 41.0 Å². The number of amides is 1. The first-order chi connectivity index (χ1) is 8.29. The van der Waals surface area contributed by atoms with Gasteiger partial charge in [0.05, 0.1) is 12.6 Å². The number of hydrogen-bond donors (Lipinski definition) is 2. The van der Waals surface area contributed by atoms with Crippen LogP contribution in [-0.2, 0) is 9.59 Å². The highest BCUT2D eigenvalue weighted by Crippen LogP contribution is 2.09. The highest BCUT2D eigenvalue weighted by molar-refractivity contribution is 5.82. The molecule has 0 radical (unpaired) electrons. The van der Waals surface area contributed by atoms with Gasteiger partial charge in [-0.25, -0.2) is 0 Å². The third kappa shape index (κ3) is 6.00. The topological polar surface area (TPSA) is 69.6 Å². The molecule has 2 atom stereocenters. The van der Waals surface area contributed by atoms with Crippen molar-refractivity contribution in [2.45, 2.75) is 53.1 Å². The van der Waals surface area contributed by atoms with Crippen LogP contribution in [-0.4, -0.2) is 47.1 Å². The zero-order chi connectivity index (χ0) is 14.3. The molecule has 0 saturated heterocycles. The van der Waals surface area contributed by atoms with Gasteiger partial charge in [-0.05, 0) is 26.2 Å². The molecule has 0 spiro atoms. The lowest BCUT2D eigenvalue weighted by molar-refractivity contribution is -0.140. The standard InChI is InChI=1S/C13H26N2O3/c1-6-10(4)15(8-12(16)17)11(5)13(18)14-7-9(2)3/h9-11H,6-8H2,1-5H3,(H,14,18)(H,16,17). The van der Waals surface area contributed by atoms with Gasteiger partial charge in [0.15, 0.2) is 0 Å². The Balaban J connectivity index is 4.57. The Labute approximate surface area is 110 Å². The van der Waals surface area contributed by atoms with E-state index in [1.165, 1.54) is 0 Å². The average molecular weight is 258 g/mol. The van der Waals surface area contributed by atoms with E-state index in [2.05, 4.69) is 5.32 Å². The predicted octanol–water partition coefficient (Wildman–Crippen LogP) is 1.33. The smallest absolute Gasteiger partial charge is 0.317 e. The van der Waals surface area contributed by atoms with Gasteiger partial charge in [-0.3, -0.25) is 14.5 Å². The fourth-order valence-corrected chi connectivity index (χ4v) is 1.67. The van der Waals surface area contributed by atoms with Crippen LogP contribution < -0.4 is 5.32 Å². The monoisotopic (exact) mass is 258 g/mol. The molecular weight excluding hydrogens is 232 g/mol. The van der Waals surface area contributed by atoms with E-state index in [9.17, 15) is 9.59 Å². The third-order valence-electron chi connectivity index (χ3n) is 3.04. The molecule has 0 bridgehead atoms. The van der Waals surface area contributed by atoms with E-state index in [1.807, 2.05) is 27.7 Å². The third-order valence-corrected chi connectivity index (χ3v) is 3.04. The summed E-state index contributed by atoms with van der Waals surface area (Å²) >= 11 is 0. The van der Waals surface area contributed by atoms with Crippen molar-refractivity contribution in [1.82, 2.24) is 10.2 Å². The minimum atomic E-state index is -0.904. The quantitative estimate of drug-likeness (QED) is 0.689. The highest BCUT2D eigenvalue weighted by atomic mass is 16.4. The van der Waals surface area contributed by atoms with Gasteiger partial charge in [0.2, 0.25) is 5.91 Å². The first-order valence-corrected chi connectivity index (χ1v) is 6.54. The normalized spacial score (nSPS) is 14.6. The van der Waals surface area contributed by atoms with E-state index in [4.69, 9.17) is 5.11 Å². The van der Waals surface area contributed by atoms with Crippen LogP contribution in [0.15, 0.2) is 0 Å². The van der Waals surface area contributed by atoms with Crippen LogP contribution in [0.2, 0.25) is 0 Å². The van der Waals surface area contributed by atoms with E-state index in [0.29, 0.717) is 12.5 Å².